The van der Waals surface area contributed by atoms with E-state index in [1.807, 2.05) is 11.3 Å². The quantitative estimate of drug-likeness (QED) is 0.179. The van der Waals surface area contributed by atoms with Gasteiger partial charge in [-0.25, -0.2) is 4.98 Å². The Morgan fingerprint density at radius 1 is 0.629 bits per heavy atom. The number of imidazole rings is 1. The smallest absolute Gasteiger partial charge is 0.198 e. The fourth-order valence-corrected chi connectivity index (χ4v) is 14.4. The van der Waals surface area contributed by atoms with Gasteiger partial charge in [0.05, 0.1) is 16.6 Å². The van der Waals surface area contributed by atoms with Crippen molar-refractivity contribution < 1.29 is 0 Å². The molecule has 70 heavy (non-hydrogen) atoms. The van der Waals surface area contributed by atoms with Crippen LogP contribution in [-0.2, 0) is 34.1 Å². The first-order chi connectivity index (χ1) is 33.2. The minimum absolute atomic E-state index is 0.0221. The fraction of sp³-hybridized carbons (Fsp3) is 0.328. The molecule has 4 heterocycles. The molecule has 0 unspecified atom stereocenters. The third-order valence-corrected chi connectivity index (χ3v) is 18.8. The summed E-state index contributed by atoms with van der Waals surface area (Å²) in [5.41, 5.74) is 22.5. The molecular weight excluding hydrogens is 868 g/mol. The maximum atomic E-state index is 5.40. The van der Waals surface area contributed by atoms with Gasteiger partial charge in [-0.05, 0) is 146 Å². The topological polar surface area (TPSA) is 34.8 Å². The molecule has 1 aliphatic heterocycles. The molecular formula is C64H65BN4S. The van der Waals surface area contributed by atoms with Crippen LogP contribution in [0, 0.1) is 0 Å². The molecule has 7 aromatic carbocycles. The van der Waals surface area contributed by atoms with E-state index in [4.69, 9.17) is 4.98 Å². The number of fused-ring (bicyclic) bond motifs is 12. The summed E-state index contributed by atoms with van der Waals surface area (Å²) in [5, 5.41) is 9.63. The summed E-state index contributed by atoms with van der Waals surface area (Å²) >= 11 is 1.99. The molecule has 0 saturated heterocycles. The van der Waals surface area contributed by atoms with Crippen LogP contribution in [-0.4, -0.2) is 21.4 Å². The first-order valence-electron chi connectivity index (χ1n) is 25.8. The number of benzene rings is 7. The van der Waals surface area contributed by atoms with Crippen LogP contribution < -0.4 is 16.2 Å². The van der Waals surface area contributed by atoms with Crippen LogP contribution in [0.25, 0.3) is 81.2 Å². The summed E-state index contributed by atoms with van der Waals surface area (Å²) in [7, 11) is 2.99. The Hall–Kier alpha value is -6.11. The molecule has 3 aromatic heterocycles. The molecule has 4 nitrogen and oxygen atoms in total. The monoisotopic (exact) mass is 933 g/mol. The zero-order chi connectivity index (χ0) is 48.6. The van der Waals surface area contributed by atoms with Crippen LogP contribution in [0.3, 0.4) is 0 Å². The van der Waals surface area contributed by atoms with Crippen molar-refractivity contribution in [3.63, 3.8) is 0 Å². The standard InChI is InChI=1S/C64H65BN4S/c1-60(2,3)37-22-24-38(25-23-37)66-47-32-44-42(61(4,5)26-28-63(44,8)9)30-40(47)55-56-57-53(54-39-20-16-17-21-52(39)70-58(54)55)41-31-43-45(64(10,11)29-27-62(43,6)7)33-49(41)69(57)50-35-51-48(34-46(50)65-56)67-59(68(51)12)36-18-14-13-15-19-36/h13-25,30-35,65-66H,26-29H2,1-12H3. The molecule has 6 heteroatoms. The van der Waals surface area contributed by atoms with Crippen molar-refractivity contribution in [1.82, 2.24) is 14.1 Å². The highest BCUT2D eigenvalue weighted by Gasteiger charge is 2.41. The van der Waals surface area contributed by atoms with Crippen molar-refractivity contribution in [2.45, 2.75) is 129 Å². The maximum Gasteiger partial charge on any atom is 0.198 e. The molecule has 0 fully saturated rings. The van der Waals surface area contributed by atoms with Gasteiger partial charge in [0.15, 0.2) is 7.28 Å². The predicted octanol–water partition coefficient (Wildman–Crippen LogP) is 15.8. The lowest BCUT2D eigenvalue weighted by atomic mass is 9.58. The second kappa shape index (κ2) is 14.5. The number of anilines is 2. The van der Waals surface area contributed by atoms with E-state index in [2.05, 4.69) is 213 Å². The summed E-state index contributed by atoms with van der Waals surface area (Å²) in [6.45, 7) is 26.7. The Kier molecular flexibility index (Phi) is 9.09. The molecule has 0 amide bonds. The molecule has 1 N–H and O–H groups in total. The fourth-order valence-electron chi connectivity index (χ4n) is 13.1. The van der Waals surface area contributed by atoms with Gasteiger partial charge in [-0.2, -0.15) is 0 Å². The SMILES string of the molecule is Cn1c(-c2ccccc2)nc2cc3c(cc21)-n1c2cc4c(cc2c2c5c(sc6ccccc65)c(-c5cc6c(cc5Nc5ccc(C(C)(C)C)cc5)C(C)(C)CCC6(C)C)c(c21)B3)C(C)(C)CCC4(C)C. The summed E-state index contributed by atoms with van der Waals surface area (Å²) in [4.78, 5) is 5.40. The number of aromatic nitrogens is 3. The highest BCUT2D eigenvalue weighted by Crippen LogP contribution is 2.55. The van der Waals surface area contributed by atoms with Crippen LogP contribution >= 0.6 is 11.3 Å². The number of hydrogen-bond acceptors (Lipinski definition) is 3. The van der Waals surface area contributed by atoms with E-state index in [0.717, 1.165) is 48.2 Å². The Morgan fingerprint density at radius 2 is 1.24 bits per heavy atom. The molecule has 0 bridgehead atoms. The van der Waals surface area contributed by atoms with Gasteiger partial charge in [0, 0.05) is 71.7 Å². The largest absolute Gasteiger partial charge is 0.355 e. The first kappa shape index (κ1) is 43.9. The van der Waals surface area contributed by atoms with E-state index in [0.29, 0.717) is 0 Å². The number of hydrogen-bond donors (Lipinski definition) is 1. The zero-order valence-electron chi connectivity index (χ0n) is 43.3. The average Bonchev–Trinajstić information content (AvgIpc) is 3.98. The summed E-state index contributed by atoms with van der Waals surface area (Å²) in [6.07, 6.45) is 4.66. The lowest BCUT2D eigenvalue weighted by Crippen LogP contribution is -2.38. The van der Waals surface area contributed by atoms with Crippen molar-refractivity contribution in [3.8, 4) is 28.2 Å². The molecule has 13 rings (SSSR count). The molecule has 350 valence electrons. The molecule has 0 radical (unpaired) electrons. The van der Waals surface area contributed by atoms with Gasteiger partial charge < -0.3 is 14.5 Å². The zero-order valence-corrected chi connectivity index (χ0v) is 44.1. The minimum atomic E-state index is 0.0221. The third kappa shape index (κ3) is 6.30. The lowest BCUT2D eigenvalue weighted by Gasteiger charge is -2.42. The van der Waals surface area contributed by atoms with Crippen molar-refractivity contribution in [1.29, 1.82) is 0 Å². The Balaban J connectivity index is 1.20. The van der Waals surface area contributed by atoms with Crippen molar-refractivity contribution >= 4 is 93.9 Å². The van der Waals surface area contributed by atoms with Crippen molar-refractivity contribution in [3.05, 3.63) is 143 Å². The van der Waals surface area contributed by atoms with Gasteiger partial charge in [-0.3, -0.25) is 0 Å². The van der Waals surface area contributed by atoms with Crippen LogP contribution in [0.5, 0.6) is 0 Å². The van der Waals surface area contributed by atoms with Crippen LogP contribution in [0.4, 0.5) is 11.4 Å². The number of thiophene rings is 1. The second-order valence-electron chi connectivity index (χ2n) is 25.1. The summed E-state index contributed by atoms with van der Waals surface area (Å²) < 4.78 is 7.74. The van der Waals surface area contributed by atoms with Crippen LogP contribution in [0.2, 0.25) is 0 Å². The van der Waals surface area contributed by atoms with Gasteiger partial charge in [-0.15, -0.1) is 11.3 Å². The van der Waals surface area contributed by atoms with E-state index >= 15 is 0 Å². The van der Waals surface area contributed by atoms with Gasteiger partial charge in [0.25, 0.3) is 0 Å². The van der Waals surface area contributed by atoms with Crippen LogP contribution in [0.1, 0.15) is 130 Å². The van der Waals surface area contributed by atoms with Crippen molar-refractivity contribution in [2.24, 2.45) is 7.05 Å². The van der Waals surface area contributed by atoms with E-state index in [9.17, 15) is 0 Å². The van der Waals surface area contributed by atoms with E-state index in [-0.39, 0.29) is 27.1 Å². The number of nitrogens with zero attached hydrogens (tertiary/aromatic N) is 3. The normalized spacial score (nSPS) is 17.5. The van der Waals surface area contributed by atoms with Crippen molar-refractivity contribution in [2.75, 3.05) is 5.32 Å². The average molecular weight is 933 g/mol. The molecule has 0 spiro atoms. The summed E-state index contributed by atoms with van der Waals surface area (Å²) in [5.74, 6) is 0.995. The van der Waals surface area contributed by atoms with Gasteiger partial charge in [0.1, 0.15) is 5.82 Å². The second-order valence-corrected chi connectivity index (χ2v) is 26.1. The molecule has 2 aliphatic carbocycles. The maximum absolute atomic E-state index is 5.40. The highest BCUT2D eigenvalue weighted by molar-refractivity contribution is 7.26. The third-order valence-electron chi connectivity index (χ3n) is 17.6. The highest BCUT2D eigenvalue weighted by atomic mass is 32.1. The molecule has 0 saturated carbocycles. The molecule has 0 atom stereocenters. The minimum Gasteiger partial charge on any atom is -0.355 e. The predicted molar refractivity (Wildman–Crippen MR) is 304 cm³/mol. The van der Waals surface area contributed by atoms with Gasteiger partial charge >= 0.3 is 0 Å². The van der Waals surface area contributed by atoms with Gasteiger partial charge in [-0.1, -0.05) is 142 Å². The Bertz CT molecular complexity index is 3870. The molecule has 10 aromatic rings. The van der Waals surface area contributed by atoms with E-state index < -0.39 is 0 Å². The van der Waals surface area contributed by atoms with Gasteiger partial charge in [0.2, 0.25) is 0 Å². The lowest BCUT2D eigenvalue weighted by molar-refractivity contribution is 0.332. The number of aryl methyl sites for hydroxylation is 1. The van der Waals surface area contributed by atoms with Crippen LogP contribution in [0.15, 0.2) is 115 Å². The number of rotatable bonds is 4. The van der Waals surface area contributed by atoms with E-state index in [1.54, 1.807) is 0 Å². The first-order valence-corrected chi connectivity index (χ1v) is 26.6. The Labute approximate surface area is 418 Å². The molecule has 3 aliphatic rings. The van der Waals surface area contributed by atoms with E-state index in [1.165, 1.54) is 116 Å². The Morgan fingerprint density at radius 3 is 1.91 bits per heavy atom. The number of nitrogens with one attached hydrogen (secondary N) is 1. The summed E-state index contributed by atoms with van der Waals surface area (Å²) in [6, 6.07) is 44.5.